The molecule has 1 aliphatic rings. The van der Waals surface area contributed by atoms with Gasteiger partial charge in [-0.25, -0.2) is 0 Å². The molecule has 3 nitrogen and oxygen atoms in total. The fraction of sp³-hybridized carbons (Fsp3) is 0.588. The van der Waals surface area contributed by atoms with Crippen LogP contribution in [0.25, 0.3) is 0 Å². The number of esters is 1. The minimum Gasteiger partial charge on any atom is -0.428 e. The van der Waals surface area contributed by atoms with E-state index in [0.717, 1.165) is 44.2 Å². The second-order valence-electron chi connectivity index (χ2n) is 5.98. The van der Waals surface area contributed by atoms with Crippen LogP contribution in [0.3, 0.4) is 0 Å². The number of carbonyl (C=O) groups is 1. The van der Waals surface area contributed by atoms with Gasteiger partial charge in [-0.15, -0.1) is 0 Å². The number of ether oxygens (including phenoxy) is 2. The maximum atomic E-state index is 12.8. The summed E-state index contributed by atoms with van der Waals surface area (Å²) in [6.07, 6.45) is -3.84. The summed E-state index contributed by atoms with van der Waals surface area (Å²) < 4.78 is 58.9. The van der Waals surface area contributed by atoms with Crippen LogP contribution in [0, 0.1) is 11.8 Å². The third-order valence-corrected chi connectivity index (χ3v) is 4.31. The van der Waals surface area contributed by atoms with Crippen molar-refractivity contribution < 1.29 is 31.8 Å². The third kappa shape index (κ3) is 4.85. The number of carbonyl (C=O) groups excluding carboxylic acids is 1. The molecule has 0 radical (unpaired) electrons. The first-order chi connectivity index (χ1) is 11.3. The van der Waals surface area contributed by atoms with E-state index in [-0.39, 0.29) is 17.6 Å². The van der Waals surface area contributed by atoms with Gasteiger partial charge in [0.15, 0.2) is 0 Å². The van der Waals surface area contributed by atoms with E-state index in [0.29, 0.717) is 5.92 Å². The first kappa shape index (κ1) is 18.5. The highest BCUT2D eigenvalue weighted by molar-refractivity contribution is 5.75. The van der Waals surface area contributed by atoms with Crippen molar-refractivity contribution in [3.8, 4) is 11.5 Å². The molecule has 0 atom stereocenters. The quantitative estimate of drug-likeness (QED) is 0.410. The number of hydrogen-bond acceptors (Lipinski definition) is 3. The summed E-state index contributed by atoms with van der Waals surface area (Å²) in [5.74, 6) is -0.112. The molecule has 0 bridgehead atoms. The lowest BCUT2D eigenvalue weighted by Crippen LogP contribution is -2.33. The summed E-state index contributed by atoms with van der Waals surface area (Å²) in [6.45, 7) is 2.13. The molecule has 1 saturated carbocycles. The Morgan fingerprint density at radius 3 is 2.17 bits per heavy atom. The van der Waals surface area contributed by atoms with E-state index in [1.165, 1.54) is 12.1 Å². The van der Waals surface area contributed by atoms with Crippen molar-refractivity contribution in [1.29, 1.82) is 0 Å². The highest BCUT2D eigenvalue weighted by Gasteiger charge is 2.43. The molecular weight excluding hydrogens is 328 g/mol. The van der Waals surface area contributed by atoms with Crippen LogP contribution in [0.2, 0.25) is 0 Å². The predicted octanol–water partition coefficient (Wildman–Crippen LogP) is 5.05. The smallest absolute Gasteiger partial charge is 0.428 e. The van der Waals surface area contributed by atoms with E-state index in [9.17, 15) is 22.4 Å². The van der Waals surface area contributed by atoms with Crippen LogP contribution in [-0.4, -0.2) is 18.5 Å². The van der Waals surface area contributed by atoms with Crippen LogP contribution in [0.1, 0.15) is 39.0 Å². The molecule has 0 aromatic heterocycles. The molecule has 0 aliphatic heterocycles. The molecule has 0 unspecified atom stereocenters. The molecule has 134 valence electrons. The first-order valence-electron chi connectivity index (χ1n) is 7.98. The van der Waals surface area contributed by atoms with Gasteiger partial charge in [-0.2, -0.15) is 17.6 Å². The van der Waals surface area contributed by atoms with Gasteiger partial charge >= 0.3 is 18.5 Å². The highest BCUT2D eigenvalue weighted by Crippen LogP contribution is 2.32. The fourth-order valence-corrected chi connectivity index (χ4v) is 2.78. The molecule has 0 amide bonds. The van der Waals surface area contributed by atoms with Gasteiger partial charge in [0.05, 0.1) is 5.92 Å². The molecule has 0 N–H and O–H groups in total. The fourth-order valence-electron chi connectivity index (χ4n) is 2.78. The van der Waals surface area contributed by atoms with Crippen LogP contribution in [0.4, 0.5) is 17.6 Å². The summed E-state index contributed by atoms with van der Waals surface area (Å²) in [5.41, 5.74) is 0. The molecule has 2 rings (SSSR count). The van der Waals surface area contributed by atoms with Crippen molar-refractivity contribution in [3.05, 3.63) is 24.3 Å². The Kier molecular flexibility index (Phi) is 6.07. The van der Waals surface area contributed by atoms with Crippen LogP contribution < -0.4 is 9.47 Å². The molecule has 0 saturated heterocycles. The maximum Gasteiger partial charge on any atom is 0.461 e. The second-order valence-corrected chi connectivity index (χ2v) is 5.98. The lowest BCUT2D eigenvalue weighted by Gasteiger charge is -2.26. The Labute approximate surface area is 137 Å². The van der Waals surface area contributed by atoms with Gasteiger partial charge in [0.25, 0.3) is 0 Å². The van der Waals surface area contributed by atoms with E-state index < -0.39 is 18.3 Å². The summed E-state index contributed by atoms with van der Waals surface area (Å²) in [7, 11) is 0. The number of rotatable bonds is 6. The molecule has 1 aliphatic carbocycles. The predicted molar refractivity (Wildman–Crippen MR) is 79.4 cm³/mol. The van der Waals surface area contributed by atoms with E-state index in [2.05, 4.69) is 11.7 Å². The van der Waals surface area contributed by atoms with Gasteiger partial charge in [0, 0.05) is 0 Å². The Hall–Kier alpha value is -1.79. The van der Waals surface area contributed by atoms with Gasteiger partial charge < -0.3 is 9.47 Å². The zero-order chi connectivity index (χ0) is 17.7. The van der Waals surface area contributed by atoms with Crippen molar-refractivity contribution in [3.63, 3.8) is 0 Å². The van der Waals surface area contributed by atoms with Gasteiger partial charge in [-0.3, -0.25) is 4.79 Å². The Morgan fingerprint density at radius 1 is 1.12 bits per heavy atom. The van der Waals surface area contributed by atoms with E-state index in [1.54, 1.807) is 0 Å². The normalized spacial score (nSPS) is 21.6. The van der Waals surface area contributed by atoms with Crippen LogP contribution in [0.15, 0.2) is 24.3 Å². The Morgan fingerprint density at radius 2 is 1.67 bits per heavy atom. The van der Waals surface area contributed by atoms with Gasteiger partial charge in [-0.1, -0.05) is 13.3 Å². The van der Waals surface area contributed by atoms with E-state index in [4.69, 9.17) is 4.74 Å². The highest BCUT2D eigenvalue weighted by atomic mass is 19.3. The van der Waals surface area contributed by atoms with E-state index in [1.807, 2.05) is 0 Å². The van der Waals surface area contributed by atoms with Crippen LogP contribution >= 0.6 is 0 Å². The Bertz CT molecular complexity index is 537. The molecule has 0 spiro atoms. The summed E-state index contributed by atoms with van der Waals surface area (Å²) in [4.78, 5) is 12.1. The third-order valence-electron chi connectivity index (χ3n) is 4.31. The summed E-state index contributed by atoms with van der Waals surface area (Å²) in [5, 5.41) is 0. The van der Waals surface area contributed by atoms with Crippen molar-refractivity contribution in [2.24, 2.45) is 11.8 Å². The maximum absolute atomic E-state index is 12.8. The summed E-state index contributed by atoms with van der Waals surface area (Å²) in [6, 6.07) is 4.61. The molecule has 0 heterocycles. The molecule has 1 aromatic rings. The standard InChI is InChI=1S/C17H20F4O3/c1-2-11-3-5-12(6-4-11)15(22)23-13-7-9-14(10-8-13)24-17(20,21)16(18)19/h7-12,16H,2-6H2,1H3/t11-,12-. The average molecular weight is 348 g/mol. The van der Waals surface area contributed by atoms with Crippen LogP contribution in [-0.2, 0) is 4.79 Å². The molecular formula is C17H20F4O3. The molecule has 1 fully saturated rings. The SMILES string of the molecule is CC[C@H]1CC[C@H](C(=O)Oc2ccc(OC(F)(F)C(F)F)cc2)CC1. The first-order valence-corrected chi connectivity index (χ1v) is 7.98. The zero-order valence-corrected chi connectivity index (χ0v) is 13.3. The number of alkyl halides is 4. The minimum atomic E-state index is -4.56. The van der Waals surface area contributed by atoms with Gasteiger partial charge in [0.1, 0.15) is 11.5 Å². The average Bonchev–Trinajstić information content (AvgIpc) is 2.56. The van der Waals surface area contributed by atoms with Crippen molar-refractivity contribution >= 4 is 5.97 Å². The molecule has 1 aromatic carbocycles. The minimum absolute atomic E-state index is 0.160. The monoisotopic (exact) mass is 348 g/mol. The number of hydrogen-bond donors (Lipinski definition) is 0. The zero-order valence-electron chi connectivity index (χ0n) is 13.3. The van der Waals surface area contributed by atoms with Crippen molar-refractivity contribution in [2.45, 2.75) is 51.6 Å². The van der Waals surface area contributed by atoms with E-state index >= 15 is 0 Å². The van der Waals surface area contributed by atoms with Gasteiger partial charge in [-0.05, 0) is 55.9 Å². The van der Waals surface area contributed by atoms with Crippen molar-refractivity contribution in [1.82, 2.24) is 0 Å². The largest absolute Gasteiger partial charge is 0.461 e. The van der Waals surface area contributed by atoms with Crippen LogP contribution in [0.5, 0.6) is 11.5 Å². The van der Waals surface area contributed by atoms with Crippen molar-refractivity contribution in [2.75, 3.05) is 0 Å². The van der Waals surface area contributed by atoms with Gasteiger partial charge in [0.2, 0.25) is 0 Å². The second kappa shape index (κ2) is 7.85. The topological polar surface area (TPSA) is 35.5 Å². The number of halogens is 4. The summed E-state index contributed by atoms with van der Waals surface area (Å²) >= 11 is 0. The lowest BCUT2D eigenvalue weighted by atomic mass is 9.81. The lowest BCUT2D eigenvalue weighted by molar-refractivity contribution is -0.253. The number of benzene rings is 1. The Balaban J connectivity index is 1.88. The molecule has 7 heteroatoms. The molecule has 24 heavy (non-hydrogen) atoms.